The third-order valence-electron chi connectivity index (χ3n) is 6.27. The smallest absolute Gasteiger partial charge is 0.0661 e. The van der Waals surface area contributed by atoms with Crippen LogP contribution in [0.1, 0.15) is 52.9 Å². The zero-order valence-corrected chi connectivity index (χ0v) is 11.8. The normalized spacial score (nSPS) is 47.9. The Bertz CT molecular complexity index is 409. The van der Waals surface area contributed by atoms with Crippen molar-refractivity contribution in [3.05, 3.63) is 11.6 Å². The second kappa shape index (κ2) is 3.85. The number of hydrogen-bond acceptors (Lipinski definition) is 2. The fourth-order valence-electron chi connectivity index (χ4n) is 5.62. The lowest BCUT2D eigenvalue weighted by molar-refractivity contribution is 0.141. The molecule has 2 heteroatoms. The summed E-state index contributed by atoms with van der Waals surface area (Å²) in [6.07, 6.45) is 10.5. The molecule has 0 amide bonds. The van der Waals surface area contributed by atoms with Crippen molar-refractivity contribution in [2.75, 3.05) is 0 Å². The van der Waals surface area contributed by atoms with Crippen molar-refractivity contribution in [3.63, 3.8) is 0 Å². The zero-order valence-electron chi connectivity index (χ0n) is 11.8. The summed E-state index contributed by atoms with van der Waals surface area (Å²) in [6.45, 7) is 7.40. The number of allylic oxidation sites excluding steroid dienone is 2. The Morgan fingerprint density at radius 3 is 2.72 bits per heavy atom. The van der Waals surface area contributed by atoms with Crippen LogP contribution in [-0.4, -0.2) is 11.4 Å². The number of hydrogen-bond donors (Lipinski definition) is 1. The summed E-state index contributed by atoms with van der Waals surface area (Å²) in [5, 5.41) is 11.9. The molecule has 0 unspecified atom stereocenters. The van der Waals surface area contributed by atoms with Crippen LogP contribution in [0.2, 0.25) is 0 Å². The predicted molar refractivity (Wildman–Crippen MR) is 73.8 cm³/mol. The Hall–Kier alpha value is -0.790. The van der Waals surface area contributed by atoms with Crippen LogP contribution in [0.4, 0.5) is 0 Å². The molecule has 0 spiro atoms. The van der Waals surface area contributed by atoms with Gasteiger partial charge in [-0.3, -0.25) is 0 Å². The van der Waals surface area contributed by atoms with Gasteiger partial charge < -0.3 is 5.21 Å². The van der Waals surface area contributed by atoms with Gasteiger partial charge in [-0.1, -0.05) is 37.9 Å². The molecule has 3 saturated carbocycles. The number of nitrogens with zero attached hydrogens (tertiary/aromatic N) is 1. The predicted octanol–water partition coefficient (Wildman–Crippen LogP) is 4.25. The molecule has 0 heterocycles. The van der Waals surface area contributed by atoms with Gasteiger partial charge >= 0.3 is 0 Å². The molecule has 0 saturated heterocycles. The van der Waals surface area contributed by atoms with Crippen LogP contribution < -0.4 is 0 Å². The summed E-state index contributed by atoms with van der Waals surface area (Å²) in [5.74, 6) is 2.45. The topological polar surface area (TPSA) is 32.6 Å². The fraction of sp³-hybridized carbons (Fsp3) is 0.812. The molecule has 0 radical (unpaired) electrons. The van der Waals surface area contributed by atoms with Crippen molar-refractivity contribution in [2.24, 2.45) is 33.7 Å². The first-order valence-electron chi connectivity index (χ1n) is 7.39. The number of oxime groups is 1. The minimum atomic E-state index is 0.378. The lowest BCUT2D eigenvalue weighted by atomic mass is 9.68. The quantitative estimate of drug-likeness (QED) is 0.419. The highest BCUT2D eigenvalue weighted by molar-refractivity contribution is 5.72. The molecule has 3 aliphatic carbocycles. The van der Waals surface area contributed by atoms with Crippen molar-refractivity contribution in [2.45, 2.75) is 52.9 Å². The minimum absolute atomic E-state index is 0.378. The van der Waals surface area contributed by atoms with Crippen molar-refractivity contribution < 1.29 is 5.21 Å². The van der Waals surface area contributed by atoms with E-state index in [1.807, 2.05) is 0 Å². The second-order valence-electron chi connectivity index (χ2n) is 7.46. The third kappa shape index (κ3) is 1.44. The monoisotopic (exact) mass is 247 g/mol. The Morgan fingerprint density at radius 2 is 2.00 bits per heavy atom. The molecule has 4 bridgehead atoms. The van der Waals surface area contributed by atoms with Gasteiger partial charge in [-0.2, -0.15) is 0 Å². The molecule has 2 nitrogen and oxygen atoms in total. The van der Waals surface area contributed by atoms with Crippen LogP contribution in [0, 0.1) is 28.6 Å². The van der Waals surface area contributed by atoms with Gasteiger partial charge in [0.2, 0.25) is 0 Å². The summed E-state index contributed by atoms with van der Waals surface area (Å²) in [7, 11) is 0. The molecule has 0 aromatic carbocycles. The first-order chi connectivity index (χ1) is 8.50. The molecule has 1 N–H and O–H groups in total. The van der Waals surface area contributed by atoms with Crippen LogP contribution in [0.3, 0.4) is 0 Å². The highest BCUT2D eigenvalue weighted by Gasteiger charge is 2.62. The van der Waals surface area contributed by atoms with E-state index in [0.717, 1.165) is 17.8 Å². The average molecular weight is 247 g/mol. The van der Waals surface area contributed by atoms with E-state index in [1.54, 1.807) is 11.8 Å². The molecule has 4 atom stereocenters. The van der Waals surface area contributed by atoms with Gasteiger partial charge in [0.05, 0.1) is 6.21 Å². The molecule has 3 rings (SSSR count). The average Bonchev–Trinajstić information content (AvgIpc) is 2.79. The first-order valence-corrected chi connectivity index (χ1v) is 7.39. The van der Waals surface area contributed by atoms with Gasteiger partial charge in [0.25, 0.3) is 0 Å². The molecule has 18 heavy (non-hydrogen) atoms. The van der Waals surface area contributed by atoms with Gasteiger partial charge in [-0.25, -0.2) is 0 Å². The summed E-state index contributed by atoms with van der Waals surface area (Å²) in [4.78, 5) is 0. The number of rotatable bonds is 1. The lowest BCUT2D eigenvalue weighted by Crippen LogP contribution is -2.28. The Kier molecular flexibility index (Phi) is 2.62. The Balaban J connectivity index is 2.07. The fourth-order valence-corrected chi connectivity index (χ4v) is 5.62. The maximum absolute atomic E-state index is 8.70. The van der Waals surface area contributed by atoms with E-state index in [0.29, 0.717) is 10.8 Å². The van der Waals surface area contributed by atoms with Gasteiger partial charge in [-0.05, 0) is 60.3 Å². The van der Waals surface area contributed by atoms with E-state index in [-0.39, 0.29) is 0 Å². The Labute approximate surface area is 110 Å². The molecule has 0 aliphatic heterocycles. The Morgan fingerprint density at radius 1 is 1.22 bits per heavy atom. The standard InChI is InChI=1S/C16H25NO/c1-15(2)8-4-9-16(3)12(7-10-17-18)11-5-6-13(16)14(11)15/h7,10-11,13-14,18H,4-6,8-9H2,1-3H3/b12-7?,17-10+/t11-,13-,14-,16-/m1/s1. The van der Waals surface area contributed by atoms with Crippen LogP contribution >= 0.6 is 0 Å². The highest BCUT2D eigenvalue weighted by atomic mass is 16.4. The van der Waals surface area contributed by atoms with E-state index >= 15 is 0 Å². The molecular formula is C16H25NO. The van der Waals surface area contributed by atoms with Crippen molar-refractivity contribution >= 4 is 6.21 Å². The van der Waals surface area contributed by atoms with Crippen molar-refractivity contribution in [3.8, 4) is 0 Å². The van der Waals surface area contributed by atoms with Crippen LogP contribution in [-0.2, 0) is 0 Å². The SMILES string of the molecule is CC1(C)CCC[C@]2(C)C(=C/C=N/O)[C@H]3CC[C@@H]2[C@@H]31. The van der Waals surface area contributed by atoms with Crippen LogP contribution in [0.25, 0.3) is 0 Å². The van der Waals surface area contributed by atoms with Gasteiger partial charge in [0.15, 0.2) is 0 Å². The van der Waals surface area contributed by atoms with E-state index in [2.05, 4.69) is 32.0 Å². The summed E-state index contributed by atoms with van der Waals surface area (Å²) >= 11 is 0. The van der Waals surface area contributed by atoms with E-state index in [4.69, 9.17) is 5.21 Å². The maximum atomic E-state index is 8.70. The molecular weight excluding hydrogens is 222 g/mol. The zero-order chi connectivity index (χ0) is 13.0. The van der Waals surface area contributed by atoms with Gasteiger partial charge in [0.1, 0.15) is 0 Å². The maximum Gasteiger partial charge on any atom is 0.0661 e. The summed E-state index contributed by atoms with van der Waals surface area (Å²) in [5.41, 5.74) is 2.44. The molecule has 3 aliphatic rings. The van der Waals surface area contributed by atoms with Gasteiger partial charge in [-0.15, -0.1) is 0 Å². The lowest BCUT2D eigenvalue weighted by Gasteiger charge is -2.36. The second-order valence-corrected chi connectivity index (χ2v) is 7.46. The van der Waals surface area contributed by atoms with Crippen LogP contribution in [0.5, 0.6) is 0 Å². The molecule has 100 valence electrons. The first kappa shape index (κ1) is 12.3. The highest BCUT2D eigenvalue weighted by Crippen LogP contribution is 2.70. The van der Waals surface area contributed by atoms with Crippen molar-refractivity contribution in [1.29, 1.82) is 0 Å². The van der Waals surface area contributed by atoms with E-state index in [1.165, 1.54) is 32.1 Å². The molecule has 3 fully saturated rings. The molecule has 0 aromatic rings. The minimum Gasteiger partial charge on any atom is -0.411 e. The summed E-state index contributed by atoms with van der Waals surface area (Å²) in [6, 6.07) is 0. The van der Waals surface area contributed by atoms with E-state index < -0.39 is 0 Å². The van der Waals surface area contributed by atoms with Crippen molar-refractivity contribution in [1.82, 2.24) is 0 Å². The third-order valence-corrected chi connectivity index (χ3v) is 6.27. The van der Waals surface area contributed by atoms with Gasteiger partial charge in [0, 0.05) is 0 Å². The van der Waals surface area contributed by atoms with Crippen LogP contribution in [0.15, 0.2) is 16.8 Å². The van der Waals surface area contributed by atoms with E-state index in [9.17, 15) is 0 Å². The summed E-state index contributed by atoms with van der Waals surface area (Å²) < 4.78 is 0. The largest absolute Gasteiger partial charge is 0.411 e. The molecule has 0 aromatic heterocycles.